The van der Waals surface area contributed by atoms with Gasteiger partial charge in [0.1, 0.15) is 0 Å². The monoisotopic (exact) mass is 423 g/mol. The van der Waals surface area contributed by atoms with Crippen LogP contribution in [0, 0.1) is 0 Å². The second-order valence-electron chi connectivity index (χ2n) is 7.70. The highest BCUT2D eigenvalue weighted by Crippen LogP contribution is 2.32. The molecule has 4 rings (SSSR count). The van der Waals surface area contributed by atoms with E-state index in [1.165, 1.54) is 5.69 Å². The number of rotatable bonds is 4. The first-order valence-electron chi connectivity index (χ1n) is 10.1. The van der Waals surface area contributed by atoms with Crippen molar-refractivity contribution in [3.63, 3.8) is 0 Å². The molecule has 0 radical (unpaired) electrons. The van der Waals surface area contributed by atoms with E-state index in [0.717, 1.165) is 13.1 Å². The molecule has 7 nitrogen and oxygen atoms in total. The molecule has 3 heterocycles. The number of hydrogen-bond acceptors (Lipinski definition) is 6. The van der Waals surface area contributed by atoms with Crippen molar-refractivity contribution in [1.82, 2.24) is 20.0 Å². The molecule has 0 N–H and O–H groups in total. The molecule has 0 unspecified atom stereocenters. The zero-order valence-electron chi connectivity index (χ0n) is 16.5. The summed E-state index contributed by atoms with van der Waals surface area (Å²) in [5.41, 5.74) is 1.17. The first-order valence-corrected chi connectivity index (χ1v) is 10.1. The van der Waals surface area contributed by atoms with Gasteiger partial charge < -0.3 is 14.2 Å². The van der Waals surface area contributed by atoms with Crippen molar-refractivity contribution in [2.75, 3.05) is 50.7 Å². The number of anilines is 1. The van der Waals surface area contributed by atoms with Crippen molar-refractivity contribution in [2.24, 2.45) is 0 Å². The fraction of sp³-hybridized carbons (Fsp3) is 0.550. The molecule has 0 spiro atoms. The van der Waals surface area contributed by atoms with Gasteiger partial charge in [0.2, 0.25) is 11.8 Å². The number of carbonyl (C=O) groups is 1. The van der Waals surface area contributed by atoms with Gasteiger partial charge in [0.15, 0.2) is 0 Å². The molecule has 30 heavy (non-hydrogen) atoms. The van der Waals surface area contributed by atoms with Crippen LogP contribution in [0.1, 0.15) is 30.5 Å². The molecule has 0 saturated carbocycles. The molecule has 1 amide bonds. The first-order chi connectivity index (χ1) is 14.4. The summed E-state index contributed by atoms with van der Waals surface area (Å²) >= 11 is 0. The zero-order chi connectivity index (χ0) is 21.1. The van der Waals surface area contributed by atoms with E-state index in [0.29, 0.717) is 45.6 Å². The van der Waals surface area contributed by atoms with Gasteiger partial charge in [0.25, 0.3) is 0 Å². The number of halogens is 3. The molecule has 2 fully saturated rings. The third-order valence-electron chi connectivity index (χ3n) is 5.73. The van der Waals surface area contributed by atoms with Crippen LogP contribution in [0.15, 0.2) is 34.7 Å². The third-order valence-corrected chi connectivity index (χ3v) is 5.73. The van der Waals surface area contributed by atoms with E-state index in [4.69, 9.17) is 4.42 Å². The Labute approximate surface area is 172 Å². The number of alkyl halides is 3. The smallest absolute Gasteiger partial charge is 0.417 e. The molecule has 1 aromatic heterocycles. The highest BCUT2D eigenvalue weighted by molar-refractivity contribution is 5.78. The van der Waals surface area contributed by atoms with Crippen molar-refractivity contribution >= 4 is 11.6 Å². The Hall–Kier alpha value is -2.62. The summed E-state index contributed by atoms with van der Waals surface area (Å²) < 4.78 is 42.7. The molecule has 0 bridgehead atoms. The number of likely N-dealkylation sites (tertiary alicyclic amines) is 1. The minimum Gasteiger partial charge on any atom is -0.417 e. The van der Waals surface area contributed by atoms with Gasteiger partial charge in [0, 0.05) is 37.8 Å². The number of aromatic nitrogens is 2. The van der Waals surface area contributed by atoms with Gasteiger partial charge in [-0.3, -0.25) is 9.69 Å². The second kappa shape index (κ2) is 8.63. The SMILES string of the molecule is O=C(CN1CCC(c2nnc(C(F)(F)F)o2)CC1)N1CCN(c2ccccc2)CC1. The van der Waals surface area contributed by atoms with Crippen LogP contribution >= 0.6 is 0 Å². The Morgan fingerprint density at radius 2 is 1.67 bits per heavy atom. The molecular formula is C20H24F3N5O2. The number of piperidine rings is 1. The number of carbonyl (C=O) groups excluding carboxylic acids is 1. The summed E-state index contributed by atoms with van der Waals surface area (Å²) in [6, 6.07) is 10.1. The lowest BCUT2D eigenvalue weighted by molar-refractivity contribution is -0.157. The zero-order valence-corrected chi connectivity index (χ0v) is 16.5. The molecule has 2 aliphatic rings. The largest absolute Gasteiger partial charge is 0.470 e. The second-order valence-corrected chi connectivity index (χ2v) is 7.70. The van der Waals surface area contributed by atoms with Gasteiger partial charge in [-0.1, -0.05) is 18.2 Å². The topological polar surface area (TPSA) is 65.7 Å². The number of piperazine rings is 1. The highest BCUT2D eigenvalue weighted by atomic mass is 19.4. The van der Waals surface area contributed by atoms with Crippen LogP contribution in [0.3, 0.4) is 0 Å². The van der Waals surface area contributed by atoms with Crippen LogP contribution in [0.4, 0.5) is 18.9 Å². The van der Waals surface area contributed by atoms with Gasteiger partial charge in [0.05, 0.1) is 6.54 Å². The fourth-order valence-electron chi connectivity index (χ4n) is 4.00. The van der Waals surface area contributed by atoms with Crippen LogP contribution in [0.2, 0.25) is 0 Å². The van der Waals surface area contributed by atoms with E-state index < -0.39 is 12.1 Å². The molecular weight excluding hydrogens is 399 g/mol. The Kier molecular flexibility index (Phi) is 5.94. The van der Waals surface area contributed by atoms with Crippen molar-refractivity contribution in [3.8, 4) is 0 Å². The van der Waals surface area contributed by atoms with Gasteiger partial charge in [-0.15, -0.1) is 10.2 Å². The average Bonchev–Trinajstić information content (AvgIpc) is 3.26. The molecule has 2 saturated heterocycles. The fourth-order valence-corrected chi connectivity index (χ4v) is 4.00. The standard InChI is InChI=1S/C20H24F3N5O2/c21-20(22,23)19-25-24-18(30-19)15-6-8-26(9-7-15)14-17(29)28-12-10-27(11-13-28)16-4-2-1-3-5-16/h1-5,15H,6-14H2. The molecule has 10 heteroatoms. The van der Waals surface area contributed by atoms with Gasteiger partial charge in [-0.25, -0.2) is 0 Å². The lowest BCUT2D eigenvalue weighted by Crippen LogP contribution is -2.51. The molecule has 1 aromatic carbocycles. The predicted molar refractivity (Wildman–Crippen MR) is 103 cm³/mol. The summed E-state index contributed by atoms with van der Waals surface area (Å²) in [4.78, 5) is 18.9. The minimum atomic E-state index is -4.62. The number of benzene rings is 1. The summed E-state index contributed by atoms with van der Waals surface area (Å²) in [5, 5.41) is 6.66. The summed E-state index contributed by atoms with van der Waals surface area (Å²) in [6.07, 6.45) is -3.44. The number of hydrogen-bond donors (Lipinski definition) is 0. The minimum absolute atomic E-state index is 0.0327. The highest BCUT2D eigenvalue weighted by Gasteiger charge is 2.39. The Balaban J connectivity index is 1.23. The van der Waals surface area contributed by atoms with Gasteiger partial charge >= 0.3 is 12.1 Å². The maximum atomic E-state index is 12.7. The molecule has 0 aliphatic carbocycles. The summed E-state index contributed by atoms with van der Waals surface area (Å²) in [6.45, 7) is 4.54. The lowest BCUT2D eigenvalue weighted by atomic mass is 9.97. The average molecular weight is 423 g/mol. The maximum Gasteiger partial charge on any atom is 0.470 e. The van der Waals surface area contributed by atoms with Crippen molar-refractivity contribution < 1.29 is 22.4 Å². The Bertz CT molecular complexity index is 842. The maximum absolute atomic E-state index is 12.7. The van der Waals surface area contributed by atoms with Crippen LogP contribution in [-0.2, 0) is 11.0 Å². The number of nitrogens with zero attached hydrogens (tertiary/aromatic N) is 5. The van der Waals surface area contributed by atoms with Gasteiger partial charge in [-0.2, -0.15) is 13.2 Å². The van der Waals surface area contributed by atoms with E-state index in [-0.39, 0.29) is 17.7 Å². The summed E-state index contributed by atoms with van der Waals surface area (Å²) in [5.74, 6) is -1.37. The first kappa shape index (κ1) is 20.6. The molecule has 2 aliphatic heterocycles. The van der Waals surface area contributed by atoms with Crippen LogP contribution in [0.25, 0.3) is 0 Å². The quantitative estimate of drug-likeness (QED) is 0.753. The molecule has 0 atom stereocenters. The van der Waals surface area contributed by atoms with Crippen LogP contribution in [-0.4, -0.2) is 71.7 Å². The normalized spacial score (nSPS) is 19.3. The molecule has 162 valence electrons. The Morgan fingerprint density at radius 1 is 1.00 bits per heavy atom. The van der Waals surface area contributed by atoms with E-state index in [1.54, 1.807) is 0 Å². The summed E-state index contributed by atoms with van der Waals surface area (Å²) in [7, 11) is 0. The number of amides is 1. The Morgan fingerprint density at radius 3 is 2.27 bits per heavy atom. The van der Waals surface area contributed by atoms with Crippen LogP contribution < -0.4 is 4.90 Å². The van der Waals surface area contributed by atoms with Crippen molar-refractivity contribution in [3.05, 3.63) is 42.1 Å². The van der Waals surface area contributed by atoms with Gasteiger partial charge in [-0.05, 0) is 38.1 Å². The lowest BCUT2D eigenvalue weighted by Gasteiger charge is -2.37. The third kappa shape index (κ3) is 4.75. The van der Waals surface area contributed by atoms with E-state index >= 15 is 0 Å². The van der Waals surface area contributed by atoms with Crippen molar-refractivity contribution in [1.29, 1.82) is 0 Å². The predicted octanol–water partition coefficient (Wildman–Crippen LogP) is 2.62. The number of para-hydroxylation sites is 1. The van der Waals surface area contributed by atoms with E-state index in [1.807, 2.05) is 28.0 Å². The molecule has 2 aromatic rings. The van der Waals surface area contributed by atoms with Crippen molar-refractivity contribution in [2.45, 2.75) is 24.9 Å². The van der Waals surface area contributed by atoms with E-state index in [2.05, 4.69) is 27.2 Å². The van der Waals surface area contributed by atoms with Crippen LogP contribution in [0.5, 0.6) is 0 Å². The van der Waals surface area contributed by atoms with E-state index in [9.17, 15) is 18.0 Å².